The number of nitrogens with zero attached hydrogens (tertiary/aromatic N) is 2. The quantitative estimate of drug-likeness (QED) is 0.157. The second-order valence-electron chi connectivity index (χ2n) is 8.08. The summed E-state index contributed by atoms with van der Waals surface area (Å²) in [6, 6.07) is 20.6. The Balaban J connectivity index is 1.29. The van der Waals surface area contributed by atoms with E-state index in [-0.39, 0.29) is 11.6 Å². The van der Waals surface area contributed by atoms with Crippen LogP contribution >= 0.6 is 0 Å². The fourth-order valence-electron chi connectivity index (χ4n) is 3.35. The summed E-state index contributed by atoms with van der Waals surface area (Å²) in [6.45, 7) is 2.96. The van der Waals surface area contributed by atoms with Crippen molar-refractivity contribution in [3.63, 3.8) is 0 Å². The number of hydrogen-bond acceptors (Lipinski definition) is 8. The molecular weight excluding hydrogens is 488 g/mol. The molecule has 0 aliphatic heterocycles. The normalized spacial score (nSPS) is 11.1. The Morgan fingerprint density at radius 3 is 1.45 bits per heavy atom. The van der Waals surface area contributed by atoms with Crippen LogP contribution in [0, 0.1) is 0 Å². The van der Waals surface area contributed by atoms with Crippen LogP contribution in [0.5, 0.6) is 0 Å². The maximum absolute atomic E-state index is 12.0. The first-order chi connectivity index (χ1) is 18.3. The van der Waals surface area contributed by atoms with E-state index < -0.39 is 11.8 Å². The van der Waals surface area contributed by atoms with E-state index in [1.807, 2.05) is 0 Å². The lowest BCUT2D eigenvalue weighted by atomic mass is 10.1. The Labute approximate surface area is 217 Å². The minimum atomic E-state index is -1.04. The van der Waals surface area contributed by atoms with E-state index in [1.54, 1.807) is 72.8 Å². The molecule has 2 heterocycles. The van der Waals surface area contributed by atoms with E-state index in [0.717, 1.165) is 0 Å². The number of carbonyl (C=O) groups is 4. The molecule has 10 heteroatoms. The van der Waals surface area contributed by atoms with Gasteiger partial charge in [0.05, 0.1) is 12.4 Å². The standard InChI is InChI=1S/C28H22N4O6/c1-17(33)19-5-3-7-21(13-19)25-11-9-23(37-25)15-29-31-27(35)28(36)32-30-16-24-10-12-26(38-24)22-8-4-6-20(14-22)18(2)34/h3-16H,1-2H3,(H,31,35)(H,32,36). The van der Waals surface area contributed by atoms with Gasteiger partial charge in [-0.2, -0.15) is 10.2 Å². The molecule has 2 aromatic heterocycles. The van der Waals surface area contributed by atoms with E-state index in [0.29, 0.717) is 45.3 Å². The Kier molecular flexibility index (Phi) is 7.83. The summed E-state index contributed by atoms with van der Waals surface area (Å²) in [5.41, 5.74) is 6.71. The maximum atomic E-state index is 12.0. The minimum Gasteiger partial charge on any atom is -0.455 e. The molecule has 0 saturated heterocycles. The van der Waals surface area contributed by atoms with Gasteiger partial charge >= 0.3 is 11.8 Å². The van der Waals surface area contributed by atoms with E-state index in [4.69, 9.17) is 8.83 Å². The molecule has 0 unspecified atom stereocenters. The molecule has 2 N–H and O–H groups in total. The van der Waals surface area contributed by atoms with E-state index in [2.05, 4.69) is 21.1 Å². The van der Waals surface area contributed by atoms with Gasteiger partial charge in [0.15, 0.2) is 11.6 Å². The first kappa shape index (κ1) is 25.7. The summed E-state index contributed by atoms with van der Waals surface area (Å²) in [5, 5.41) is 7.42. The Morgan fingerprint density at radius 2 is 1.05 bits per heavy atom. The fraction of sp³-hybridized carbons (Fsp3) is 0.0714. The highest BCUT2D eigenvalue weighted by Gasteiger charge is 2.12. The van der Waals surface area contributed by atoms with Crippen molar-refractivity contribution in [2.75, 3.05) is 0 Å². The number of rotatable bonds is 8. The van der Waals surface area contributed by atoms with Gasteiger partial charge in [-0.05, 0) is 50.2 Å². The van der Waals surface area contributed by atoms with Crippen molar-refractivity contribution in [1.82, 2.24) is 10.9 Å². The minimum absolute atomic E-state index is 0.0594. The summed E-state index contributed by atoms with van der Waals surface area (Å²) in [4.78, 5) is 47.0. The zero-order valence-corrected chi connectivity index (χ0v) is 20.4. The van der Waals surface area contributed by atoms with Crippen LogP contribution in [0.1, 0.15) is 46.1 Å². The number of carbonyl (C=O) groups excluding carboxylic acids is 4. The van der Waals surface area contributed by atoms with Crippen LogP contribution < -0.4 is 10.9 Å². The summed E-state index contributed by atoms with van der Waals surface area (Å²) in [5.74, 6) is -0.516. The zero-order valence-electron chi connectivity index (χ0n) is 20.4. The molecule has 4 aromatic rings. The van der Waals surface area contributed by atoms with Crippen molar-refractivity contribution in [2.24, 2.45) is 10.2 Å². The molecule has 0 aliphatic rings. The lowest BCUT2D eigenvalue weighted by Gasteiger charge is -2.00. The van der Waals surface area contributed by atoms with Gasteiger partial charge < -0.3 is 8.83 Å². The highest BCUT2D eigenvalue weighted by atomic mass is 16.3. The highest BCUT2D eigenvalue weighted by Crippen LogP contribution is 2.24. The van der Waals surface area contributed by atoms with Crippen molar-refractivity contribution >= 4 is 35.8 Å². The maximum Gasteiger partial charge on any atom is 0.331 e. The van der Waals surface area contributed by atoms with Crippen LogP contribution in [0.4, 0.5) is 0 Å². The number of furan rings is 2. The van der Waals surface area contributed by atoms with Gasteiger partial charge in [-0.3, -0.25) is 19.2 Å². The predicted molar refractivity (Wildman–Crippen MR) is 140 cm³/mol. The second kappa shape index (κ2) is 11.6. The summed E-state index contributed by atoms with van der Waals surface area (Å²) < 4.78 is 11.3. The highest BCUT2D eigenvalue weighted by molar-refractivity contribution is 6.35. The average molecular weight is 511 g/mol. The van der Waals surface area contributed by atoms with Gasteiger partial charge in [0, 0.05) is 22.3 Å². The van der Waals surface area contributed by atoms with Gasteiger partial charge in [0.2, 0.25) is 0 Å². The Morgan fingerprint density at radius 1 is 0.632 bits per heavy atom. The molecule has 4 rings (SSSR count). The summed E-state index contributed by atoms with van der Waals surface area (Å²) >= 11 is 0. The molecule has 0 atom stereocenters. The Hall–Kier alpha value is -5.38. The van der Waals surface area contributed by atoms with Crippen LogP contribution in [0.15, 0.2) is 91.8 Å². The number of benzene rings is 2. The first-order valence-corrected chi connectivity index (χ1v) is 11.4. The van der Waals surface area contributed by atoms with Crippen LogP contribution in [0.2, 0.25) is 0 Å². The van der Waals surface area contributed by atoms with Crippen LogP contribution in [0.25, 0.3) is 22.6 Å². The van der Waals surface area contributed by atoms with Crippen molar-refractivity contribution in [2.45, 2.75) is 13.8 Å². The second-order valence-corrected chi connectivity index (χ2v) is 8.08. The topological polar surface area (TPSA) is 143 Å². The molecule has 0 bridgehead atoms. The van der Waals surface area contributed by atoms with E-state index in [1.165, 1.54) is 26.3 Å². The van der Waals surface area contributed by atoms with Crippen molar-refractivity contribution in [1.29, 1.82) is 0 Å². The van der Waals surface area contributed by atoms with Crippen LogP contribution in [-0.2, 0) is 9.59 Å². The Bertz CT molecular complexity index is 1460. The fourth-order valence-corrected chi connectivity index (χ4v) is 3.35. The third-order valence-corrected chi connectivity index (χ3v) is 5.28. The number of hydrogen-bond donors (Lipinski definition) is 2. The van der Waals surface area contributed by atoms with Gasteiger partial charge in [-0.15, -0.1) is 0 Å². The molecule has 2 amide bonds. The van der Waals surface area contributed by atoms with Gasteiger partial charge in [-0.25, -0.2) is 10.9 Å². The third kappa shape index (κ3) is 6.43. The van der Waals surface area contributed by atoms with Gasteiger partial charge in [0.25, 0.3) is 0 Å². The molecule has 0 saturated carbocycles. The lowest BCUT2D eigenvalue weighted by molar-refractivity contribution is -0.139. The van der Waals surface area contributed by atoms with E-state index in [9.17, 15) is 19.2 Å². The molecule has 190 valence electrons. The number of amides is 2. The molecular formula is C28H22N4O6. The van der Waals surface area contributed by atoms with Gasteiger partial charge in [0.1, 0.15) is 23.0 Å². The first-order valence-electron chi connectivity index (χ1n) is 11.4. The summed E-state index contributed by atoms with van der Waals surface area (Å²) in [6.07, 6.45) is 2.47. The molecule has 2 aromatic carbocycles. The molecule has 0 fully saturated rings. The molecule has 0 radical (unpaired) electrons. The molecule has 38 heavy (non-hydrogen) atoms. The molecule has 10 nitrogen and oxygen atoms in total. The molecule has 0 spiro atoms. The summed E-state index contributed by atoms with van der Waals surface area (Å²) in [7, 11) is 0. The van der Waals surface area contributed by atoms with Crippen LogP contribution in [0.3, 0.4) is 0 Å². The number of ketones is 2. The average Bonchev–Trinajstić information content (AvgIpc) is 3.59. The number of Topliss-reactive ketones (excluding diaryl/α,β-unsaturated/α-hetero) is 2. The van der Waals surface area contributed by atoms with Crippen molar-refractivity contribution in [3.8, 4) is 22.6 Å². The SMILES string of the molecule is CC(=O)c1cccc(-c2ccc(C=NNC(=O)C(=O)NN=Cc3ccc(-c4cccc(C(C)=O)c4)o3)o2)c1. The molecule has 0 aliphatic carbocycles. The largest absolute Gasteiger partial charge is 0.455 e. The van der Waals surface area contributed by atoms with Crippen LogP contribution in [-0.4, -0.2) is 35.8 Å². The van der Waals surface area contributed by atoms with Gasteiger partial charge in [-0.1, -0.05) is 36.4 Å². The third-order valence-electron chi connectivity index (χ3n) is 5.28. The van der Waals surface area contributed by atoms with Crippen molar-refractivity contribution < 1.29 is 28.0 Å². The predicted octanol–water partition coefficient (Wildman–Crippen LogP) is 4.21. The monoisotopic (exact) mass is 510 g/mol. The number of hydrazone groups is 2. The smallest absolute Gasteiger partial charge is 0.331 e. The van der Waals surface area contributed by atoms with Crippen molar-refractivity contribution in [3.05, 3.63) is 95.4 Å². The zero-order chi connectivity index (χ0) is 27.1. The lowest BCUT2D eigenvalue weighted by Crippen LogP contribution is -2.35. The van der Waals surface area contributed by atoms with E-state index >= 15 is 0 Å². The number of nitrogens with one attached hydrogen (secondary N) is 2.